The summed E-state index contributed by atoms with van der Waals surface area (Å²) in [4.78, 5) is 63.4. The Morgan fingerprint density at radius 2 is 1.86 bits per heavy atom. The lowest BCUT2D eigenvalue weighted by atomic mass is 9.88. The lowest BCUT2D eigenvalue weighted by Crippen LogP contribution is -2.59. The van der Waals surface area contributed by atoms with Crippen molar-refractivity contribution in [2.75, 3.05) is 44.9 Å². The molecule has 4 fully saturated rings. The molecule has 0 radical (unpaired) electrons. The van der Waals surface area contributed by atoms with E-state index < -0.39 is 74.1 Å². The van der Waals surface area contributed by atoms with E-state index in [0.29, 0.717) is 68.9 Å². The number of carbonyl (C=O) groups excluding carboxylic acids is 3. The molecular weight excluding hydrogens is 745 g/mol. The van der Waals surface area contributed by atoms with Crippen LogP contribution in [0.25, 0.3) is 10.8 Å². The van der Waals surface area contributed by atoms with Gasteiger partial charge in [0.15, 0.2) is 0 Å². The third kappa shape index (κ3) is 7.97. The number of nitrogens with one attached hydrogen (secondary N) is 3. The van der Waals surface area contributed by atoms with E-state index in [1.807, 2.05) is 44.2 Å². The molecule has 0 bridgehead atoms. The number of fused-ring (bicyclic) bond motifs is 3. The van der Waals surface area contributed by atoms with Crippen LogP contribution in [0.1, 0.15) is 65.7 Å². The second kappa shape index (κ2) is 15.4. The van der Waals surface area contributed by atoms with Crippen molar-refractivity contribution in [3.05, 3.63) is 36.4 Å². The normalized spacial score (nSPS) is 30.6. The van der Waals surface area contributed by atoms with Crippen LogP contribution in [0.4, 0.5) is 10.6 Å². The number of sulfonamides is 1. The summed E-state index contributed by atoms with van der Waals surface area (Å²) in [5, 5.41) is 16.6. The van der Waals surface area contributed by atoms with Crippen molar-refractivity contribution in [3.63, 3.8) is 0 Å². The van der Waals surface area contributed by atoms with E-state index in [4.69, 9.17) is 19.2 Å². The van der Waals surface area contributed by atoms with Gasteiger partial charge >= 0.3 is 6.09 Å². The first kappa shape index (κ1) is 39.6. The van der Waals surface area contributed by atoms with Gasteiger partial charge in [-0.05, 0) is 86.9 Å². The van der Waals surface area contributed by atoms with Gasteiger partial charge in [0.05, 0.1) is 31.6 Å². The van der Waals surface area contributed by atoms with Gasteiger partial charge in [-0.15, -0.1) is 0 Å². The highest BCUT2D eigenvalue weighted by Crippen LogP contribution is 2.47. The van der Waals surface area contributed by atoms with E-state index in [2.05, 4.69) is 20.3 Å². The minimum Gasteiger partial charge on any atom is -0.497 e. The fourth-order valence-corrected chi connectivity index (χ4v) is 9.56. The van der Waals surface area contributed by atoms with Gasteiger partial charge in [0.1, 0.15) is 35.3 Å². The number of carbonyl (C=O) groups is 4. The van der Waals surface area contributed by atoms with Gasteiger partial charge < -0.3 is 39.8 Å². The van der Waals surface area contributed by atoms with Crippen LogP contribution in [0.3, 0.4) is 0 Å². The number of aromatic nitrogens is 1. The van der Waals surface area contributed by atoms with Crippen molar-refractivity contribution in [2.45, 2.75) is 94.2 Å². The molecule has 56 heavy (non-hydrogen) atoms. The number of carboxylic acid groups (broad SMARTS) is 1. The molecule has 0 spiro atoms. The van der Waals surface area contributed by atoms with Gasteiger partial charge in [-0.2, -0.15) is 4.98 Å². The van der Waals surface area contributed by atoms with Crippen LogP contribution < -0.4 is 29.7 Å². The van der Waals surface area contributed by atoms with E-state index in [0.717, 1.165) is 11.8 Å². The second-order valence-corrected chi connectivity index (χ2v) is 18.6. The Morgan fingerprint density at radius 1 is 1.11 bits per heavy atom. The monoisotopic (exact) mass is 796 g/mol. The van der Waals surface area contributed by atoms with Crippen molar-refractivity contribution in [1.82, 2.24) is 25.2 Å². The van der Waals surface area contributed by atoms with E-state index in [-0.39, 0.29) is 31.2 Å². The fourth-order valence-electron chi connectivity index (χ4n) is 8.25. The maximum absolute atomic E-state index is 14.6. The van der Waals surface area contributed by atoms with Crippen molar-refractivity contribution in [3.8, 4) is 11.6 Å². The number of allylic oxidation sites excluding steroid dienone is 1. The predicted molar refractivity (Wildman–Crippen MR) is 206 cm³/mol. The highest BCUT2D eigenvalue weighted by Gasteiger charge is 2.63. The maximum Gasteiger partial charge on any atom is 0.405 e. The Morgan fingerprint density at radius 3 is 2.55 bits per heavy atom. The van der Waals surface area contributed by atoms with Crippen LogP contribution in [0.15, 0.2) is 36.4 Å². The third-order valence-electron chi connectivity index (χ3n) is 12.1. The SMILES string of the molecule is COc1ccc2c(O[C@@H]3C[C@H]4C(=O)N[C@]5(C(=O)NS(=O)(=O)C6(C)CC6)C[C@H]5C=CCC[C@@H](C)C[C@@H](C)[C@H](NC(=O)O)C(=O)N4C3)nc(N3CCOCC3)cc2c1. The van der Waals surface area contributed by atoms with Gasteiger partial charge in [-0.3, -0.25) is 19.1 Å². The average Bonchev–Trinajstić information content (AvgIpc) is 4.05. The summed E-state index contributed by atoms with van der Waals surface area (Å²) >= 11 is 0. The molecule has 7 atom stereocenters. The molecule has 16 nitrogen and oxygen atoms in total. The van der Waals surface area contributed by atoms with Gasteiger partial charge in [0.2, 0.25) is 27.7 Å². The molecule has 4 N–H and O–H groups in total. The molecule has 2 aromatic rings. The van der Waals surface area contributed by atoms with Gasteiger partial charge in [0.25, 0.3) is 5.91 Å². The first-order chi connectivity index (χ1) is 26.6. The number of pyridine rings is 1. The molecule has 17 heteroatoms. The number of rotatable bonds is 8. The van der Waals surface area contributed by atoms with Crippen LogP contribution in [0.5, 0.6) is 11.6 Å². The van der Waals surface area contributed by atoms with Crippen molar-refractivity contribution in [1.29, 1.82) is 0 Å². The quantitative estimate of drug-likeness (QED) is 0.285. The summed E-state index contributed by atoms with van der Waals surface area (Å²) in [7, 11) is -2.43. The van der Waals surface area contributed by atoms with Crippen molar-refractivity contribution in [2.24, 2.45) is 17.8 Å². The molecule has 0 unspecified atom stereocenters. The first-order valence-corrected chi connectivity index (χ1v) is 20.9. The Bertz CT molecular complexity index is 2020. The number of methoxy groups -OCH3 is 1. The van der Waals surface area contributed by atoms with E-state index >= 15 is 0 Å². The Kier molecular flexibility index (Phi) is 10.9. The van der Waals surface area contributed by atoms with Gasteiger partial charge in [0, 0.05) is 30.8 Å². The minimum atomic E-state index is -4.01. The standard InChI is InChI=1S/C39H52N6O10S/c1-23-7-5-6-8-26-21-39(26,36(48)43-56(51,52)38(3)11-12-38)42-33(46)30-20-28(22-45(30)35(47)32(24(2)17-23)41-37(49)50)55-34-29-10-9-27(53-4)18-25(29)19-31(40-34)44-13-15-54-16-14-44/h6,8-10,18-19,23-24,26,28,30,32,41H,5,7,11-17,20-22H2,1-4H3,(H,42,46)(H,43,48)(H,49,50)/t23-,24-,26-,28-,30+,32+,39-/m1/s1. The summed E-state index contributed by atoms with van der Waals surface area (Å²) in [5.41, 5.74) is -1.55. The van der Waals surface area contributed by atoms with Crippen LogP contribution in [0.2, 0.25) is 0 Å². The van der Waals surface area contributed by atoms with Crippen LogP contribution >= 0.6 is 0 Å². The third-order valence-corrected chi connectivity index (χ3v) is 14.3. The zero-order valence-corrected chi connectivity index (χ0v) is 33.1. The lowest BCUT2D eigenvalue weighted by molar-refractivity contribution is -0.142. The summed E-state index contributed by atoms with van der Waals surface area (Å²) in [5.74, 6) is -1.26. The molecule has 1 aromatic carbocycles. The molecule has 5 aliphatic rings. The van der Waals surface area contributed by atoms with Crippen LogP contribution in [-0.4, -0.2) is 116 Å². The van der Waals surface area contributed by atoms with Gasteiger partial charge in [-0.25, -0.2) is 13.2 Å². The number of hydrogen-bond acceptors (Lipinski definition) is 11. The van der Waals surface area contributed by atoms with E-state index in [1.165, 1.54) is 4.90 Å². The minimum absolute atomic E-state index is 0.00215. The summed E-state index contributed by atoms with van der Waals surface area (Å²) in [6, 6.07) is 5.10. The van der Waals surface area contributed by atoms with Crippen LogP contribution in [-0.2, 0) is 29.1 Å². The molecule has 1 aromatic heterocycles. The molecule has 2 saturated heterocycles. The highest BCUT2D eigenvalue weighted by atomic mass is 32.2. The van der Waals surface area contributed by atoms with Crippen molar-refractivity contribution >= 4 is 50.4 Å². The molecular formula is C39H52N6O10S. The highest BCUT2D eigenvalue weighted by molar-refractivity contribution is 7.91. The lowest BCUT2D eigenvalue weighted by Gasteiger charge is -2.32. The Balaban J connectivity index is 1.23. The molecule has 3 aliphatic heterocycles. The zero-order chi connectivity index (χ0) is 40.0. The van der Waals surface area contributed by atoms with Gasteiger partial charge in [-0.1, -0.05) is 26.0 Å². The molecule has 7 rings (SSSR count). The second-order valence-electron chi connectivity index (χ2n) is 16.4. The predicted octanol–water partition coefficient (Wildman–Crippen LogP) is 2.95. The molecule has 4 amide bonds. The number of hydrogen-bond donors (Lipinski definition) is 4. The summed E-state index contributed by atoms with van der Waals surface area (Å²) < 4.78 is 45.3. The van der Waals surface area contributed by atoms with Crippen LogP contribution in [0, 0.1) is 17.8 Å². The molecule has 2 saturated carbocycles. The molecule has 4 heterocycles. The molecule has 304 valence electrons. The number of morpholine rings is 1. The number of benzene rings is 1. The molecule has 2 aliphatic carbocycles. The van der Waals surface area contributed by atoms with E-state index in [1.54, 1.807) is 20.1 Å². The Labute approximate surface area is 326 Å². The summed E-state index contributed by atoms with van der Waals surface area (Å²) in [6.45, 7) is 7.67. The number of ether oxygens (including phenoxy) is 3. The summed E-state index contributed by atoms with van der Waals surface area (Å²) in [6.07, 6.45) is 4.60. The maximum atomic E-state index is 14.6. The smallest absolute Gasteiger partial charge is 0.405 e. The fraction of sp³-hybridized carbons (Fsp3) is 0.615. The largest absolute Gasteiger partial charge is 0.497 e. The first-order valence-electron chi connectivity index (χ1n) is 19.5. The van der Waals surface area contributed by atoms with E-state index in [9.17, 15) is 32.7 Å². The number of anilines is 1. The number of amides is 4. The number of nitrogens with zero attached hydrogens (tertiary/aromatic N) is 3. The van der Waals surface area contributed by atoms with Crippen molar-refractivity contribution < 1.29 is 46.9 Å². The average molecular weight is 797 g/mol. The topological polar surface area (TPSA) is 206 Å². The zero-order valence-electron chi connectivity index (χ0n) is 32.3. The Hall–Kier alpha value is -4.64.